The number of fused-ring (bicyclic) bond motifs is 1. The third kappa shape index (κ3) is 2.17. The van der Waals surface area contributed by atoms with E-state index in [1.807, 2.05) is 18.2 Å². The summed E-state index contributed by atoms with van der Waals surface area (Å²) in [4.78, 5) is 11.3. The first-order chi connectivity index (χ1) is 10.7. The number of carboxylic acid groups (broad SMARTS) is 1. The lowest BCUT2D eigenvalue weighted by atomic mass is 9.92. The normalized spacial score (nSPS) is 14.2. The monoisotopic (exact) mass is 288 g/mol. The minimum Gasteiger partial charge on any atom is -0.478 e. The van der Waals surface area contributed by atoms with Crippen LogP contribution in [0.5, 0.6) is 0 Å². The first-order valence-corrected chi connectivity index (χ1v) is 7.59. The van der Waals surface area contributed by atoms with Gasteiger partial charge >= 0.3 is 5.97 Å². The van der Waals surface area contributed by atoms with Crippen LogP contribution in [0.15, 0.2) is 60.7 Å². The highest BCUT2D eigenvalue weighted by Crippen LogP contribution is 2.45. The van der Waals surface area contributed by atoms with Gasteiger partial charge in [0.05, 0.1) is 5.56 Å². The zero-order valence-electron chi connectivity index (χ0n) is 12.1. The summed E-state index contributed by atoms with van der Waals surface area (Å²) >= 11 is 0. The van der Waals surface area contributed by atoms with E-state index in [0.29, 0.717) is 11.5 Å². The van der Waals surface area contributed by atoms with E-state index < -0.39 is 5.97 Å². The molecule has 0 heterocycles. The first kappa shape index (κ1) is 13.1. The summed E-state index contributed by atoms with van der Waals surface area (Å²) in [6, 6.07) is 20.0. The van der Waals surface area contributed by atoms with Crippen molar-refractivity contribution in [3.63, 3.8) is 0 Å². The molecule has 0 atom stereocenters. The van der Waals surface area contributed by atoms with Crippen LogP contribution in [0, 0.1) is 0 Å². The molecule has 108 valence electrons. The van der Waals surface area contributed by atoms with Crippen molar-refractivity contribution < 1.29 is 9.90 Å². The lowest BCUT2D eigenvalue weighted by molar-refractivity contribution is 0.0697. The molecule has 3 aromatic carbocycles. The van der Waals surface area contributed by atoms with Gasteiger partial charge in [-0.05, 0) is 58.4 Å². The van der Waals surface area contributed by atoms with Crippen LogP contribution < -0.4 is 0 Å². The van der Waals surface area contributed by atoms with Crippen molar-refractivity contribution in [2.75, 3.05) is 0 Å². The fourth-order valence-corrected chi connectivity index (χ4v) is 3.13. The van der Waals surface area contributed by atoms with E-state index in [1.165, 1.54) is 24.0 Å². The third-order valence-corrected chi connectivity index (χ3v) is 4.40. The maximum absolute atomic E-state index is 11.3. The summed E-state index contributed by atoms with van der Waals surface area (Å²) in [7, 11) is 0. The molecule has 1 N–H and O–H groups in total. The third-order valence-electron chi connectivity index (χ3n) is 4.40. The van der Waals surface area contributed by atoms with Crippen LogP contribution in [0.4, 0.5) is 0 Å². The predicted octanol–water partition coefficient (Wildman–Crippen LogP) is 5.08. The molecule has 0 unspecified atom stereocenters. The minimum absolute atomic E-state index is 0.337. The number of hydrogen-bond donors (Lipinski definition) is 1. The highest BCUT2D eigenvalue weighted by molar-refractivity contribution is 6.01. The minimum atomic E-state index is -0.882. The smallest absolute Gasteiger partial charge is 0.335 e. The molecule has 2 nitrogen and oxygen atoms in total. The van der Waals surface area contributed by atoms with Gasteiger partial charge in [0.1, 0.15) is 0 Å². The predicted molar refractivity (Wildman–Crippen MR) is 88.3 cm³/mol. The lowest BCUT2D eigenvalue weighted by Gasteiger charge is -2.12. The Morgan fingerprint density at radius 3 is 2.45 bits per heavy atom. The second-order valence-corrected chi connectivity index (χ2v) is 5.91. The van der Waals surface area contributed by atoms with Gasteiger partial charge in [-0.15, -0.1) is 0 Å². The molecule has 22 heavy (non-hydrogen) atoms. The van der Waals surface area contributed by atoms with Gasteiger partial charge in [-0.1, -0.05) is 48.5 Å². The standard InChI is InChI=1S/C20H16O2/c21-20(22)15-11-10-13-4-3-7-18(19(13)12-15)17-6-2-1-5-16(17)14-8-9-14/h1-7,10-12,14H,8-9H2,(H,21,22). The maximum Gasteiger partial charge on any atom is 0.335 e. The molecular weight excluding hydrogens is 272 g/mol. The quantitative estimate of drug-likeness (QED) is 0.729. The molecule has 1 aliphatic rings. The topological polar surface area (TPSA) is 37.3 Å². The maximum atomic E-state index is 11.3. The Labute approximate surface area is 129 Å². The molecule has 0 aromatic heterocycles. The van der Waals surface area contributed by atoms with Gasteiger partial charge < -0.3 is 5.11 Å². The molecule has 3 aromatic rings. The van der Waals surface area contributed by atoms with Crippen molar-refractivity contribution >= 4 is 16.7 Å². The summed E-state index contributed by atoms with van der Waals surface area (Å²) in [6.07, 6.45) is 2.50. The van der Waals surface area contributed by atoms with Gasteiger partial charge in [-0.3, -0.25) is 0 Å². The van der Waals surface area contributed by atoms with E-state index in [0.717, 1.165) is 16.3 Å². The highest BCUT2D eigenvalue weighted by atomic mass is 16.4. The van der Waals surface area contributed by atoms with E-state index in [1.54, 1.807) is 12.1 Å². The van der Waals surface area contributed by atoms with Crippen LogP contribution in [-0.2, 0) is 0 Å². The molecule has 0 radical (unpaired) electrons. The Morgan fingerprint density at radius 1 is 0.909 bits per heavy atom. The molecule has 1 saturated carbocycles. The van der Waals surface area contributed by atoms with E-state index in [-0.39, 0.29) is 0 Å². The summed E-state index contributed by atoms with van der Waals surface area (Å²) in [5.74, 6) is -0.221. The highest BCUT2D eigenvalue weighted by Gasteiger charge is 2.26. The number of carboxylic acids is 1. The van der Waals surface area contributed by atoms with Crippen LogP contribution in [0.2, 0.25) is 0 Å². The fourth-order valence-electron chi connectivity index (χ4n) is 3.13. The SMILES string of the molecule is O=C(O)c1ccc2cccc(-c3ccccc3C3CC3)c2c1. The van der Waals surface area contributed by atoms with Gasteiger partial charge in [-0.2, -0.15) is 0 Å². The number of aromatic carboxylic acids is 1. The molecule has 4 rings (SSSR count). The van der Waals surface area contributed by atoms with Gasteiger partial charge in [0.15, 0.2) is 0 Å². The zero-order chi connectivity index (χ0) is 15.1. The average molecular weight is 288 g/mol. The zero-order valence-corrected chi connectivity index (χ0v) is 12.1. The van der Waals surface area contributed by atoms with Gasteiger partial charge in [0.2, 0.25) is 0 Å². The Kier molecular flexibility index (Phi) is 2.97. The number of hydrogen-bond acceptors (Lipinski definition) is 1. The van der Waals surface area contributed by atoms with E-state index in [4.69, 9.17) is 0 Å². The van der Waals surface area contributed by atoms with Crippen molar-refractivity contribution in [1.29, 1.82) is 0 Å². The molecule has 0 amide bonds. The molecule has 0 bridgehead atoms. The molecule has 0 aliphatic heterocycles. The largest absolute Gasteiger partial charge is 0.478 e. The van der Waals surface area contributed by atoms with Crippen molar-refractivity contribution in [1.82, 2.24) is 0 Å². The van der Waals surface area contributed by atoms with Gasteiger partial charge in [0.25, 0.3) is 0 Å². The Bertz CT molecular complexity index is 876. The molecule has 1 aliphatic carbocycles. The van der Waals surface area contributed by atoms with Crippen molar-refractivity contribution in [2.24, 2.45) is 0 Å². The van der Waals surface area contributed by atoms with Crippen molar-refractivity contribution in [3.05, 3.63) is 71.8 Å². The number of rotatable bonds is 3. The van der Waals surface area contributed by atoms with Crippen LogP contribution in [0.25, 0.3) is 21.9 Å². The Hall–Kier alpha value is -2.61. The summed E-state index contributed by atoms with van der Waals surface area (Å²) in [6.45, 7) is 0. The Morgan fingerprint density at radius 2 is 1.68 bits per heavy atom. The van der Waals surface area contributed by atoms with Crippen LogP contribution in [0.1, 0.15) is 34.7 Å². The van der Waals surface area contributed by atoms with Crippen molar-refractivity contribution in [2.45, 2.75) is 18.8 Å². The Balaban J connectivity index is 1.98. The fraction of sp³-hybridized carbons (Fsp3) is 0.150. The molecule has 2 heteroatoms. The molecule has 0 saturated heterocycles. The summed E-state index contributed by atoms with van der Waals surface area (Å²) in [5.41, 5.74) is 4.08. The van der Waals surface area contributed by atoms with Crippen molar-refractivity contribution in [3.8, 4) is 11.1 Å². The summed E-state index contributed by atoms with van der Waals surface area (Å²) < 4.78 is 0. The van der Waals surface area contributed by atoms with Gasteiger partial charge in [-0.25, -0.2) is 4.79 Å². The lowest BCUT2D eigenvalue weighted by Crippen LogP contribution is -1.96. The second-order valence-electron chi connectivity index (χ2n) is 5.91. The van der Waals surface area contributed by atoms with Crippen LogP contribution in [0.3, 0.4) is 0 Å². The van der Waals surface area contributed by atoms with Crippen LogP contribution in [-0.4, -0.2) is 11.1 Å². The molecule has 0 spiro atoms. The average Bonchev–Trinajstić information content (AvgIpc) is 3.38. The first-order valence-electron chi connectivity index (χ1n) is 7.59. The van der Waals surface area contributed by atoms with E-state index in [9.17, 15) is 9.90 Å². The van der Waals surface area contributed by atoms with Gasteiger partial charge in [0, 0.05) is 0 Å². The van der Waals surface area contributed by atoms with Crippen LogP contribution >= 0.6 is 0 Å². The summed E-state index contributed by atoms with van der Waals surface area (Å²) in [5, 5.41) is 11.3. The molecular formula is C20H16O2. The molecule has 1 fully saturated rings. The second kappa shape index (κ2) is 4.99. The number of benzene rings is 3. The van der Waals surface area contributed by atoms with E-state index >= 15 is 0 Å². The van der Waals surface area contributed by atoms with E-state index in [2.05, 4.69) is 30.3 Å². The number of carbonyl (C=O) groups is 1.